The first-order valence-corrected chi connectivity index (χ1v) is 4.50. The normalized spacial score (nSPS) is 11.0. The van der Waals surface area contributed by atoms with Gasteiger partial charge < -0.3 is 10.2 Å². The van der Waals surface area contributed by atoms with Crippen LogP contribution in [0.4, 0.5) is 0 Å². The monoisotopic (exact) mass is 218 g/mol. The molecule has 0 atom stereocenters. The summed E-state index contributed by atoms with van der Waals surface area (Å²) in [6.07, 6.45) is 4.95. The predicted octanol–water partition coefficient (Wildman–Crippen LogP) is 1.88. The number of aliphatic carboxylic acids is 2. The summed E-state index contributed by atoms with van der Waals surface area (Å²) in [5.74, 6) is -2.04. The van der Waals surface area contributed by atoms with Crippen molar-refractivity contribution in [1.29, 1.82) is 0 Å². The van der Waals surface area contributed by atoms with Gasteiger partial charge in [0.1, 0.15) is 0 Å². The lowest BCUT2D eigenvalue weighted by molar-refractivity contribution is -0.132. The van der Waals surface area contributed by atoms with Gasteiger partial charge in [0.05, 0.1) is 0 Å². The molecule has 4 nitrogen and oxygen atoms in total. The summed E-state index contributed by atoms with van der Waals surface area (Å²) < 4.78 is 0. The van der Waals surface area contributed by atoms with Crippen LogP contribution < -0.4 is 0 Å². The van der Waals surface area contributed by atoms with Crippen LogP contribution in [-0.4, -0.2) is 22.2 Å². The lowest BCUT2D eigenvalue weighted by atomic mass is 10.1. The first-order chi connectivity index (χ1) is 7.58. The molecule has 0 heterocycles. The van der Waals surface area contributed by atoms with Crippen molar-refractivity contribution in [2.45, 2.75) is 0 Å². The minimum atomic E-state index is -1.02. The van der Waals surface area contributed by atoms with E-state index in [0.717, 1.165) is 12.2 Å². The fraction of sp³-hybridized carbons (Fsp3) is 0. The quantitative estimate of drug-likeness (QED) is 0.756. The molecule has 0 aromatic heterocycles. The fourth-order valence-electron chi connectivity index (χ4n) is 1.10. The van der Waals surface area contributed by atoms with E-state index in [1.165, 1.54) is 12.2 Å². The summed E-state index contributed by atoms with van der Waals surface area (Å²) in [4.78, 5) is 20.6. The van der Waals surface area contributed by atoms with E-state index in [9.17, 15) is 9.59 Å². The largest absolute Gasteiger partial charge is 0.478 e. The molecule has 0 bridgehead atoms. The maximum atomic E-state index is 10.3. The third-order valence-electron chi connectivity index (χ3n) is 1.75. The van der Waals surface area contributed by atoms with E-state index < -0.39 is 11.9 Å². The van der Waals surface area contributed by atoms with E-state index in [1.54, 1.807) is 24.3 Å². The summed E-state index contributed by atoms with van der Waals surface area (Å²) in [7, 11) is 0. The van der Waals surface area contributed by atoms with Gasteiger partial charge in [-0.2, -0.15) is 0 Å². The minimum absolute atomic E-state index is 0.704. The number of rotatable bonds is 4. The highest BCUT2D eigenvalue weighted by Gasteiger charge is 1.92. The van der Waals surface area contributed by atoms with Crippen molar-refractivity contribution >= 4 is 24.1 Å². The second-order valence-corrected chi connectivity index (χ2v) is 3.01. The molecule has 0 unspecified atom stereocenters. The molecular formula is C12H10O4. The lowest BCUT2D eigenvalue weighted by Crippen LogP contribution is -1.87. The first-order valence-electron chi connectivity index (χ1n) is 4.50. The average Bonchev–Trinajstić information content (AvgIpc) is 2.24. The standard InChI is InChI=1S/C12H10O4/c13-11(14)6-4-9-2-1-3-10(8-9)5-7-12(15)16/h1-8H,(H,13,14)(H,15,16)/b6-4+,7-5+. The Kier molecular flexibility index (Phi) is 4.03. The Morgan fingerprint density at radius 2 is 1.38 bits per heavy atom. The SMILES string of the molecule is O=C(O)/C=C/c1cccc(/C=C/C(=O)O)c1. The molecule has 0 aliphatic carbocycles. The van der Waals surface area contributed by atoms with Crippen molar-refractivity contribution in [1.82, 2.24) is 0 Å². The van der Waals surface area contributed by atoms with E-state index in [-0.39, 0.29) is 0 Å². The van der Waals surface area contributed by atoms with Crippen LogP contribution in [0, 0.1) is 0 Å². The molecule has 0 radical (unpaired) electrons. The third kappa shape index (κ3) is 4.23. The number of carbonyl (C=O) groups is 2. The van der Waals surface area contributed by atoms with E-state index >= 15 is 0 Å². The maximum Gasteiger partial charge on any atom is 0.328 e. The second kappa shape index (κ2) is 5.50. The molecule has 0 saturated carbocycles. The summed E-state index contributed by atoms with van der Waals surface area (Å²) in [5, 5.41) is 16.9. The van der Waals surface area contributed by atoms with E-state index in [4.69, 9.17) is 10.2 Å². The Morgan fingerprint density at radius 1 is 0.938 bits per heavy atom. The van der Waals surface area contributed by atoms with Crippen LogP contribution in [0.25, 0.3) is 12.2 Å². The van der Waals surface area contributed by atoms with Crippen molar-refractivity contribution in [3.63, 3.8) is 0 Å². The zero-order valence-corrected chi connectivity index (χ0v) is 8.33. The van der Waals surface area contributed by atoms with E-state index in [0.29, 0.717) is 11.1 Å². The summed E-state index contributed by atoms with van der Waals surface area (Å²) in [6.45, 7) is 0. The van der Waals surface area contributed by atoms with Crippen LogP contribution in [0.5, 0.6) is 0 Å². The Balaban J connectivity index is 2.87. The van der Waals surface area contributed by atoms with Gasteiger partial charge in [0.15, 0.2) is 0 Å². The molecule has 16 heavy (non-hydrogen) atoms. The molecule has 1 rings (SSSR count). The Morgan fingerprint density at radius 3 is 1.75 bits per heavy atom. The molecule has 82 valence electrons. The highest BCUT2D eigenvalue weighted by molar-refractivity contribution is 5.86. The predicted molar refractivity (Wildman–Crippen MR) is 59.8 cm³/mol. The van der Waals surface area contributed by atoms with Gasteiger partial charge in [0, 0.05) is 12.2 Å². The zero-order valence-electron chi connectivity index (χ0n) is 8.33. The molecule has 0 fully saturated rings. The van der Waals surface area contributed by atoms with Crippen LogP contribution >= 0.6 is 0 Å². The summed E-state index contributed by atoms with van der Waals surface area (Å²) in [5.41, 5.74) is 1.41. The molecule has 1 aromatic carbocycles. The zero-order chi connectivity index (χ0) is 12.0. The van der Waals surface area contributed by atoms with Gasteiger partial charge in [-0.15, -0.1) is 0 Å². The van der Waals surface area contributed by atoms with E-state index in [2.05, 4.69) is 0 Å². The summed E-state index contributed by atoms with van der Waals surface area (Å²) >= 11 is 0. The Hall–Kier alpha value is -2.36. The molecular weight excluding hydrogens is 208 g/mol. The van der Waals surface area contributed by atoms with Gasteiger partial charge in [-0.3, -0.25) is 0 Å². The molecule has 0 aliphatic rings. The van der Waals surface area contributed by atoms with Gasteiger partial charge >= 0.3 is 11.9 Å². The minimum Gasteiger partial charge on any atom is -0.478 e. The smallest absolute Gasteiger partial charge is 0.328 e. The fourth-order valence-corrected chi connectivity index (χ4v) is 1.10. The number of benzene rings is 1. The average molecular weight is 218 g/mol. The van der Waals surface area contributed by atoms with E-state index in [1.807, 2.05) is 0 Å². The number of hydrogen-bond donors (Lipinski definition) is 2. The van der Waals surface area contributed by atoms with Gasteiger partial charge in [-0.1, -0.05) is 18.2 Å². The molecule has 4 heteroatoms. The summed E-state index contributed by atoms with van der Waals surface area (Å²) in [6, 6.07) is 6.89. The molecule has 0 aliphatic heterocycles. The highest BCUT2D eigenvalue weighted by atomic mass is 16.4. The van der Waals surface area contributed by atoms with Crippen LogP contribution in [0.3, 0.4) is 0 Å². The van der Waals surface area contributed by atoms with Gasteiger partial charge in [0.25, 0.3) is 0 Å². The van der Waals surface area contributed by atoms with Gasteiger partial charge in [-0.05, 0) is 29.3 Å². The lowest BCUT2D eigenvalue weighted by Gasteiger charge is -1.95. The molecule has 1 aromatic rings. The van der Waals surface area contributed by atoms with Crippen molar-refractivity contribution in [3.05, 3.63) is 47.5 Å². The third-order valence-corrected chi connectivity index (χ3v) is 1.75. The van der Waals surface area contributed by atoms with Crippen molar-refractivity contribution in [2.75, 3.05) is 0 Å². The Labute approximate surface area is 92.2 Å². The van der Waals surface area contributed by atoms with Crippen LogP contribution in [0.15, 0.2) is 36.4 Å². The number of hydrogen-bond acceptors (Lipinski definition) is 2. The van der Waals surface area contributed by atoms with Crippen LogP contribution in [0.1, 0.15) is 11.1 Å². The van der Waals surface area contributed by atoms with Crippen molar-refractivity contribution < 1.29 is 19.8 Å². The number of carboxylic acids is 2. The first kappa shape index (κ1) is 11.7. The highest BCUT2D eigenvalue weighted by Crippen LogP contribution is 2.08. The van der Waals surface area contributed by atoms with Crippen LogP contribution in [-0.2, 0) is 9.59 Å². The Bertz CT molecular complexity index is 419. The van der Waals surface area contributed by atoms with Gasteiger partial charge in [0.2, 0.25) is 0 Å². The molecule has 2 N–H and O–H groups in total. The molecule has 0 saturated heterocycles. The number of carboxylic acid groups (broad SMARTS) is 2. The second-order valence-electron chi connectivity index (χ2n) is 3.01. The maximum absolute atomic E-state index is 10.3. The van der Waals surface area contributed by atoms with Gasteiger partial charge in [-0.25, -0.2) is 9.59 Å². The topological polar surface area (TPSA) is 74.6 Å². The van der Waals surface area contributed by atoms with Crippen molar-refractivity contribution in [2.24, 2.45) is 0 Å². The molecule has 0 spiro atoms. The van der Waals surface area contributed by atoms with Crippen LogP contribution in [0.2, 0.25) is 0 Å². The molecule has 0 amide bonds. The van der Waals surface area contributed by atoms with Crippen molar-refractivity contribution in [3.8, 4) is 0 Å².